The molecule has 2 aliphatic carbocycles. The zero-order chi connectivity index (χ0) is 15.4. The number of hydrogen-bond acceptors (Lipinski definition) is 3. The highest BCUT2D eigenvalue weighted by Gasteiger charge is 2.73. The molecule has 5 nitrogen and oxygen atoms in total. The van der Waals surface area contributed by atoms with Gasteiger partial charge in [-0.15, -0.1) is 0 Å². The van der Waals surface area contributed by atoms with Gasteiger partial charge in [-0.3, -0.25) is 9.59 Å². The van der Waals surface area contributed by atoms with Crippen LogP contribution in [-0.4, -0.2) is 27.7 Å². The van der Waals surface area contributed by atoms with Crippen molar-refractivity contribution >= 4 is 11.9 Å². The molecule has 0 bridgehead atoms. The van der Waals surface area contributed by atoms with Crippen LogP contribution in [0.4, 0.5) is 0 Å². The summed E-state index contributed by atoms with van der Waals surface area (Å²) in [5.41, 5.74) is 6.96. The molecule has 0 saturated heterocycles. The maximum atomic E-state index is 11.7. The SMILES string of the molecule is Cc1ccc(CC2CC3C(C(=O)O)C3C2(N)C(=O)O)cc1. The van der Waals surface area contributed by atoms with Crippen LogP contribution in [0.25, 0.3) is 0 Å². The van der Waals surface area contributed by atoms with E-state index < -0.39 is 29.3 Å². The highest BCUT2D eigenvalue weighted by Crippen LogP contribution is 2.64. The predicted molar refractivity (Wildman–Crippen MR) is 75.7 cm³/mol. The monoisotopic (exact) mass is 289 g/mol. The van der Waals surface area contributed by atoms with E-state index in [0.717, 1.165) is 11.1 Å². The molecule has 1 aromatic rings. The Hall–Kier alpha value is -1.88. The van der Waals surface area contributed by atoms with E-state index in [4.69, 9.17) is 10.8 Å². The number of rotatable bonds is 4. The van der Waals surface area contributed by atoms with Gasteiger partial charge >= 0.3 is 11.9 Å². The lowest BCUT2D eigenvalue weighted by Crippen LogP contribution is -2.55. The zero-order valence-electron chi connectivity index (χ0n) is 11.8. The molecule has 2 aliphatic rings. The van der Waals surface area contributed by atoms with Crippen molar-refractivity contribution < 1.29 is 19.8 Å². The largest absolute Gasteiger partial charge is 0.481 e. The van der Waals surface area contributed by atoms with E-state index in [9.17, 15) is 14.7 Å². The lowest BCUT2D eigenvalue weighted by Gasteiger charge is -2.31. The molecule has 1 aromatic carbocycles. The summed E-state index contributed by atoms with van der Waals surface area (Å²) in [7, 11) is 0. The molecule has 2 fully saturated rings. The maximum absolute atomic E-state index is 11.7. The number of benzene rings is 1. The van der Waals surface area contributed by atoms with Gasteiger partial charge in [0.25, 0.3) is 0 Å². The van der Waals surface area contributed by atoms with Crippen molar-refractivity contribution in [3.05, 3.63) is 35.4 Å². The third-order valence-corrected chi connectivity index (χ3v) is 5.21. The van der Waals surface area contributed by atoms with Crippen LogP contribution >= 0.6 is 0 Å². The minimum atomic E-state index is -1.42. The van der Waals surface area contributed by atoms with Gasteiger partial charge in [-0.25, -0.2) is 0 Å². The van der Waals surface area contributed by atoms with E-state index in [1.165, 1.54) is 0 Å². The molecule has 0 aromatic heterocycles. The van der Waals surface area contributed by atoms with Gasteiger partial charge in [0.15, 0.2) is 0 Å². The smallest absolute Gasteiger partial charge is 0.324 e. The molecule has 4 N–H and O–H groups in total. The Morgan fingerprint density at radius 2 is 1.90 bits per heavy atom. The van der Waals surface area contributed by atoms with Crippen molar-refractivity contribution in [2.45, 2.75) is 25.3 Å². The number of hydrogen-bond donors (Lipinski definition) is 3. The van der Waals surface area contributed by atoms with Gasteiger partial charge in [-0.2, -0.15) is 0 Å². The van der Waals surface area contributed by atoms with Gasteiger partial charge in [-0.05, 0) is 37.2 Å². The summed E-state index contributed by atoms with van der Waals surface area (Å²) in [5, 5.41) is 18.7. The average molecular weight is 289 g/mol. The van der Waals surface area contributed by atoms with Crippen LogP contribution in [0, 0.1) is 30.6 Å². The Bertz CT molecular complexity index is 597. The van der Waals surface area contributed by atoms with Gasteiger partial charge in [-0.1, -0.05) is 29.8 Å². The van der Waals surface area contributed by atoms with E-state index in [1.54, 1.807) is 0 Å². The predicted octanol–water partition coefficient (Wildman–Crippen LogP) is 1.29. The van der Waals surface area contributed by atoms with E-state index in [1.807, 2.05) is 31.2 Å². The van der Waals surface area contributed by atoms with Gasteiger partial charge < -0.3 is 15.9 Å². The number of aryl methyl sites for hydroxylation is 1. The Kier molecular flexibility index (Phi) is 3.06. The lowest BCUT2D eigenvalue weighted by atomic mass is 9.78. The second-order valence-corrected chi connectivity index (χ2v) is 6.41. The first-order valence-electron chi connectivity index (χ1n) is 7.16. The van der Waals surface area contributed by atoms with Crippen molar-refractivity contribution in [1.82, 2.24) is 0 Å². The topological polar surface area (TPSA) is 101 Å². The fraction of sp³-hybridized carbons (Fsp3) is 0.500. The molecule has 2 saturated carbocycles. The summed E-state index contributed by atoms with van der Waals surface area (Å²) >= 11 is 0. The van der Waals surface area contributed by atoms with Crippen molar-refractivity contribution in [1.29, 1.82) is 0 Å². The number of carbonyl (C=O) groups is 2. The van der Waals surface area contributed by atoms with Crippen LogP contribution in [-0.2, 0) is 16.0 Å². The molecular formula is C16H19NO4. The second-order valence-electron chi connectivity index (χ2n) is 6.41. The van der Waals surface area contributed by atoms with E-state index in [-0.39, 0.29) is 11.8 Å². The number of fused-ring (bicyclic) bond motifs is 1. The maximum Gasteiger partial charge on any atom is 0.324 e. The molecule has 0 spiro atoms. The van der Waals surface area contributed by atoms with Gasteiger partial charge in [0, 0.05) is 5.92 Å². The quantitative estimate of drug-likeness (QED) is 0.775. The highest BCUT2D eigenvalue weighted by molar-refractivity contribution is 5.85. The summed E-state index contributed by atoms with van der Waals surface area (Å²) in [6.07, 6.45) is 1.17. The summed E-state index contributed by atoms with van der Waals surface area (Å²) in [6, 6.07) is 7.94. The standard InChI is InChI=1S/C16H19NO4/c1-8-2-4-9(5-3-8)6-10-7-11-12(14(18)19)13(11)16(10,17)15(20)21/h2-5,10-13H,6-7,17H2,1H3,(H,18,19)(H,20,21). The molecule has 21 heavy (non-hydrogen) atoms. The van der Waals surface area contributed by atoms with Gasteiger partial charge in [0.2, 0.25) is 0 Å². The number of aliphatic carboxylic acids is 2. The van der Waals surface area contributed by atoms with Gasteiger partial charge in [0.1, 0.15) is 5.54 Å². The normalized spacial score (nSPS) is 37.0. The molecule has 3 rings (SSSR count). The Balaban J connectivity index is 1.82. The number of nitrogens with two attached hydrogens (primary N) is 1. The first-order valence-corrected chi connectivity index (χ1v) is 7.16. The van der Waals surface area contributed by atoms with Crippen LogP contribution in [0.15, 0.2) is 24.3 Å². The minimum absolute atomic E-state index is 0.0842. The minimum Gasteiger partial charge on any atom is -0.481 e. The van der Waals surface area contributed by atoms with Crippen LogP contribution in [0.2, 0.25) is 0 Å². The highest BCUT2D eigenvalue weighted by atomic mass is 16.4. The van der Waals surface area contributed by atoms with Crippen molar-refractivity contribution in [2.75, 3.05) is 0 Å². The fourth-order valence-electron chi connectivity index (χ4n) is 4.03. The molecule has 5 atom stereocenters. The molecular weight excluding hydrogens is 270 g/mol. The Morgan fingerprint density at radius 1 is 1.29 bits per heavy atom. The van der Waals surface area contributed by atoms with Crippen molar-refractivity contribution in [2.24, 2.45) is 29.4 Å². The fourth-order valence-corrected chi connectivity index (χ4v) is 4.03. The summed E-state index contributed by atoms with van der Waals surface area (Å²) in [4.78, 5) is 22.8. The Labute approximate surface area is 122 Å². The summed E-state index contributed by atoms with van der Waals surface area (Å²) in [5.74, 6) is -3.30. The second kappa shape index (κ2) is 4.56. The van der Waals surface area contributed by atoms with Crippen molar-refractivity contribution in [3.63, 3.8) is 0 Å². The summed E-state index contributed by atoms with van der Waals surface area (Å²) in [6.45, 7) is 2.00. The van der Waals surface area contributed by atoms with E-state index >= 15 is 0 Å². The zero-order valence-corrected chi connectivity index (χ0v) is 11.8. The number of carboxylic acid groups (broad SMARTS) is 2. The first-order chi connectivity index (χ1) is 9.85. The van der Waals surface area contributed by atoms with Crippen LogP contribution < -0.4 is 5.73 Å². The van der Waals surface area contributed by atoms with E-state index in [2.05, 4.69) is 0 Å². The van der Waals surface area contributed by atoms with Gasteiger partial charge in [0.05, 0.1) is 5.92 Å². The molecule has 112 valence electrons. The third kappa shape index (κ3) is 2.03. The van der Waals surface area contributed by atoms with Crippen LogP contribution in [0.1, 0.15) is 17.5 Å². The lowest BCUT2D eigenvalue weighted by molar-refractivity contribution is -0.147. The molecule has 0 aliphatic heterocycles. The average Bonchev–Trinajstić information content (AvgIpc) is 3.07. The van der Waals surface area contributed by atoms with Crippen LogP contribution in [0.3, 0.4) is 0 Å². The van der Waals surface area contributed by atoms with Crippen molar-refractivity contribution in [3.8, 4) is 0 Å². The van der Waals surface area contributed by atoms with E-state index in [0.29, 0.717) is 12.8 Å². The number of carboxylic acids is 2. The molecule has 0 radical (unpaired) electrons. The molecule has 5 unspecified atom stereocenters. The first kappa shape index (κ1) is 14.1. The molecule has 0 amide bonds. The summed E-state index contributed by atoms with van der Waals surface area (Å²) < 4.78 is 0. The van der Waals surface area contributed by atoms with Crippen LogP contribution in [0.5, 0.6) is 0 Å². The molecule has 5 heteroatoms. The molecule has 0 heterocycles. The third-order valence-electron chi connectivity index (χ3n) is 5.21. The Morgan fingerprint density at radius 3 is 2.43 bits per heavy atom.